The minimum atomic E-state index is -3.23. The van der Waals surface area contributed by atoms with Gasteiger partial charge in [0.05, 0.1) is 10.6 Å². The van der Waals surface area contributed by atoms with Gasteiger partial charge in [-0.25, -0.2) is 8.42 Å². The van der Waals surface area contributed by atoms with Gasteiger partial charge in [0.2, 0.25) is 0 Å². The van der Waals surface area contributed by atoms with E-state index in [9.17, 15) is 8.42 Å². The fourth-order valence-electron chi connectivity index (χ4n) is 2.93. The molecular formula is C16H19BrN2O2S. The highest BCUT2D eigenvalue weighted by Gasteiger charge is 2.25. The largest absolute Gasteiger partial charge is 0.349 e. The molecule has 6 heteroatoms. The first-order valence-electron chi connectivity index (χ1n) is 7.35. The molecule has 1 aromatic heterocycles. The summed E-state index contributed by atoms with van der Waals surface area (Å²) in [6, 6.07) is 11.3. The standard InChI is InChI=1S/C16H19BrN2O2S/c1-13-16-3-2-8-19(16)10-9-18(13)11-12-22(20,21)15-6-4-14(17)5-7-15/h2-8,13H,9-12H2,1H3/t13-/m0/s1. The molecule has 0 aliphatic carbocycles. The Hall–Kier alpha value is -1.11. The number of nitrogens with zero attached hydrogens (tertiary/aromatic N) is 2. The van der Waals surface area contributed by atoms with Gasteiger partial charge >= 0.3 is 0 Å². The highest BCUT2D eigenvalue weighted by atomic mass is 79.9. The van der Waals surface area contributed by atoms with Crippen LogP contribution >= 0.6 is 15.9 Å². The van der Waals surface area contributed by atoms with E-state index in [1.165, 1.54) is 5.69 Å². The molecule has 118 valence electrons. The van der Waals surface area contributed by atoms with Crippen LogP contribution < -0.4 is 0 Å². The maximum absolute atomic E-state index is 12.4. The molecule has 4 nitrogen and oxygen atoms in total. The van der Waals surface area contributed by atoms with Gasteiger partial charge in [-0.2, -0.15) is 0 Å². The summed E-state index contributed by atoms with van der Waals surface area (Å²) in [6.45, 7) is 4.51. The predicted molar refractivity (Wildman–Crippen MR) is 90.6 cm³/mol. The molecule has 22 heavy (non-hydrogen) atoms. The van der Waals surface area contributed by atoms with Crippen molar-refractivity contribution >= 4 is 25.8 Å². The number of rotatable bonds is 4. The Labute approximate surface area is 139 Å². The van der Waals surface area contributed by atoms with Crippen molar-refractivity contribution in [2.75, 3.05) is 18.8 Å². The molecule has 0 fully saturated rings. The molecule has 0 saturated carbocycles. The lowest BCUT2D eigenvalue weighted by atomic mass is 10.1. The van der Waals surface area contributed by atoms with Crippen molar-refractivity contribution in [3.8, 4) is 0 Å². The topological polar surface area (TPSA) is 42.3 Å². The maximum atomic E-state index is 12.4. The molecule has 1 aliphatic rings. The van der Waals surface area contributed by atoms with Crippen molar-refractivity contribution in [2.24, 2.45) is 0 Å². The molecule has 0 bridgehead atoms. The minimum Gasteiger partial charge on any atom is -0.349 e. The number of hydrogen-bond donors (Lipinski definition) is 0. The van der Waals surface area contributed by atoms with Gasteiger partial charge < -0.3 is 4.57 Å². The summed E-state index contributed by atoms with van der Waals surface area (Å²) < 4.78 is 28.0. The number of halogens is 1. The second-order valence-corrected chi connectivity index (χ2v) is 8.64. The summed E-state index contributed by atoms with van der Waals surface area (Å²) in [5.74, 6) is 0.152. The molecule has 0 unspecified atom stereocenters. The fraction of sp³-hybridized carbons (Fsp3) is 0.375. The third kappa shape index (κ3) is 3.14. The van der Waals surface area contributed by atoms with Crippen LogP contribution in [0.3, 0.4) is 0 Å². The van der Waals surface area contributed by atoms with E-state index in [1.54, 1.807) is 24.3 Å². The van der Waals surface area contributed by atoms with Crippen LogP contribution in [-0.2, 0) is 16.4 Å². The summed E-state index contributed by atoms with van der Waals surface area (Å²) in [5, 5.41) is 0. The van der Waals surface area contributed by atoms with Crippen molar-refractivity contribution in [1.29, 1.82) is 0 Å². The van der Waals surface area contributed by atoms with E-state index < -0.39 is 9.84 Å². The fourth-order valence-corrected chi connectivity index (χ4v) is 4.46. The average molecular weight is 383 g/mol. The first-order valence-corrected chi connectivity index (χ1v) is 9.79. The highest BCUT2D eigenvalue weighted by Crippen LogP contribution is 2.25. The van der Waals surface area contributed by atoms with Gasteiger partial charge in [-0.15, -0.1) is 0 Å². The van der Waals surface area contributed by atoms with Crippen LogP contribution in [0, 0.1) is 0 Å². The summed E-state index contributed by atoms with van der Waals surface area (Å²) >= 11 is 3.33. The van der Waals surface area contributed by atoms with E-state index in [0.29, 0.717) is 11.4 Å². The van der Waals surface area contributed by atoms with Gasteiger partial charge in [-0.05, 0) is 43.3 Å². The summed E-state index contributed by atoms with van der Waals surface area (Å²) in [4.78, 5) is 2.63. The first kappa shape index (κ1) is 15.8. The molecule has 0 radical (unpaired) electrons. The van der Waals surface area contributed by atoms with Crippen LogP contribution in [0.1, 0.15) is 18.7 Å². The summed E-state index contributed by atoms with van der Waals surface area (Å²) in [7, 11) is -3.23. The third-order valence-corrected chi connectivity index (χ3v) is 6.53. The molecule has 0 saturated heterocycles. The zero-order valence-electron chi connectivity index (χ0n) is 12.4. The van der Waals surface area contributed by atoms with Crippen LogP contribution in [-0.4, -0.2) is 36.7 Å². The van der Waals surface area contributed by atoms with E-state index in [4.69, 9.17) is 0 Å². The molecular weight excluding hydrogens is 364 g/mol. The number of hydrogen-bond acceptors (Lipinski definition) is 3. The predicted octanol–water partition coefficient (Wildman–Crippen LogP) is 3.10. The Kier molecular flexibility index (Phi) is 4.43. The van der Waals surface area contributed by atoms with Gasteiger partial charge in [0, 0.05) is 42.0 Å². The van der Waals surface area contributed by atoms with Gasteiger partial charge in [0.25, 0.3) is 0 Å². The van der Waals surface area contributed by atoms with E-state index in [1.807, 2.05) is 6.07 Å². The summed E-state index contributed by atoms with van der Waals surface area (Å²) in [5.41, 5.74) is 1.26. The normalized spacial score (nSPS) is 19.1. The maximum Gasteiger partial charge on any atom is 0.179 e. The lowest BCUT2D eigenvalue weighted by Gasteiger charge is -2.34. The Morgan fingerprint density at radius 1 is 1.18 bits per heavy atom. The lowest BCUT2D eigenvalue weighted by Crippen LogP contribution is -2.39. The van der Waals surface area contributed by atoms with Gasteiger partial charge in [0.15, 0.2) is 9.84 Å². The second kappa shape index (κ2) is 6.18. The highest BCUT2D eigenvalue weighted by molar-refractivity contribution is 9.10. The van der Waals surface area contributed by atoms with E-state index >= 15 is 0 Å². The monoisotopic (exact) mass is 382 g/mol. The van der Waals surface area contributed by atoms with Gasteiger partial charge in [0.1, 0.15) is 0 Å². The van der Waals surface area contributed by atoms with Crippen molar-refractivity contribution in [1.82, 2.24) is 9.47 Å². The average Bonchev–Trinajstić information content (AvgIpc) is 2.96. The Bertz CT molecular complexity index is 753. The van der Waals surface area contributed by atoms with Crippen LogP contribution in [0.5, 0.6) is 0 Å². The SMILES string of the molecule is C[C@H]1c2cccn2CCN1CCS(=O)(=O)c1ccc(Br)cc1. The number of fused-ring (bicyclic) bond motifs is 1. The van der Waals surface area contributed by atoms with Crippen molar-refractivity contribution in [3.05, 3.63) is 52.8 Å². The summed E-state index contributed by atoms with van der Waals surface area (Å²) in [6.07, 6.45) is 2.09. The molecule has 1 atom stereocenters. The molecule has 1 aliphatic heterocycles. The number of sulfone groups is 1. The molecule has 1 aromatic carbocycles. The first-order chi connectivity index (χ1) is 10.5. The molecule has 2 heterocycles. The van der Waals surface area contributed by atoms with Gasteiger partial charge in [-0.1, -0.05) is 15.9 Å². The number of aromatic nitrogens is 1. The zero-order valence-corrected chi connectivity index (χ0v) is 14.8. The van der Waals surface area contributed by atoms with Crippen LogP contribution in [0.4, 0.5) is 0 Å². The smallest absolute Gasteiger partial charge is 0.179 e. The van der Waals surface area contributed by atoms with Crippen LogP contribution in [0.15, 0.2) is 52.0 Å². The Morgan fingerprint density at radius 3 is 2.64 bits per heavy atom. The second-order valence-electron chi connectivity index (χ2n) is 5.61. The Balaban J connectivity index is 1.69. The zero-order chi connectivity index (χ0) is 15.7. The Morgan fingerprint density at radius 2 is 1.91 bits per heavy atom. The van der Waals surface area contributed by atoms with Crippen molar-refractivity contribution < 1.29 is 8.42 Å². The van der Waals surface area contributed by atoms with Gasteiger partial charge in [-0.3, -0.25) is 4.90 Å². The third-order valence-electron chi connectivity index (χ3n) is 4.29. The van der Waals surface area contributed by atoms with E-state index in [0.717, 1.165) is 17.6 Å². The number of benzene rings is 1. The van der Waals surface area contributed by atoms with Crippen LogP contribution in [0.2, 0.25) is 0 Å². The van der Waals surface area contributed by atoms with Crippen molar-refractivity contribution in [3.63, 3.8) is 0 Å². The molecule has 0 N–H and O–H groups in total. The molecule has 0 spiro atoms. The quantitative estimate of drug-likeness (QED) is 0.815. The van der Waals surface area contributed by atoms with E-state index in [2.05, 4.69) is 44.6 Å². The molecule has 0 amide bonds. The minimum absolute atomic E-state index is 0.152. The van der Waals surface area contributed by atoms with Crippen molar-refractivity contribution in [2.45, 2.75) is 24.4 Å². The molecule has 3 rings (SSSR count). The molecule has 2 aromatic rings. The lowest BCUT2D eigenvalue weighted by molar-refractivity contribution is 0.179. The van der Waals surface area contributed by atoms with E-state index in [-0.39, 0.29) is 11.8 Å². The van der Waals surface area contributed by atoms with Crippen LogP contribution in [0.25, 0.3) is 0 Å².